The number of nitrogens with zero attached hydrogens (tertiary/aromatic N) is 5. The molecule has 0 spiro atoms. The molecule has 7 heteroatoms. The summed E-state index contributed by atoms with van der Waals surface area (Å²) < 4.78 is 10.6. The van der Waals surface area contributed by atoms with E-state index in [0.717, 1.165) is 24.3 Å². The van der Waals surface area contributed by atoms with Crippen molar-refractivity contribution in [2.24, 2.45) is 0 Å². The molecule has 1 atom stereocenters. The Morgan fingerprint density at radius 1 is 1.17 bits per heavy atom. The molecule has 3 aromatic rings. The predicted molar refractivity (Wildman–Crippen MR) is 80.2 cm³/mol. The molecular formula is C16H14N5O2. The fourth-order valence-electron chi connectivity index (χ4n) is 2.67. The Kier molecular flexibility index (Phi) is 3.34. The van der Waals surface area contributed by atoms with Crippen LogP contribution in [0.25, 0.3) is 22.6 Å². The number of hydrogen-bond donors (Lipinski definition) is 0. The molecular weight excluding hydrogens is 294 g/mol. The van der Waals surface area contributed by atoms with Gasteiger partial charge in [0.2, 0.25) is 6.26 Å². The van der Waals surface area contributed by atoms with Gasteiger partial charge in [-0.15, -0.1) is 5.10 Å². The second-order valence-corrected chi connectivity index (χ2v) is 5.77. The summed E-state index contributed by atoms with van der Waals surface area (Å²) in [5.74, 6) is 0. The van der Waals surface area contributed by atoms with Gasteiger partial charge in [0, 0.05) is 18.2 Å². The zero-order chi connectivity index (χ0) is 15.7. The lowest BCUT2D eigenvalue weighted by Crippen LogP contribution is -2.23. The Labute approximate surface area is 132 Å². The summed E-state index contributed by atoms with van der Waals surface area (Å²) in [4.78, 5) is 8.87. The minimum absolute atomic E-state index is 0.176. The van der Waals surface area contributed by atoms with Crippen molar-refractivity contribution in [3.8, 4) is 22.6 Å². The third-order valence-corrected chi connectivity index (χ3v) is 4.05. The maximum absolute atomic E-state index is 5.50. The summed E-state index contributed by atoms with van der Waals surface area (Å²) in [6.45, 7) is 3.45. The minimum Gasteiger partial charge on any atom is -0.380 e. The number of aromatic nitrogens is 5. The van der Waals surface area contributed by atoms with Crippen LogP contribution in [0.2, 0.25) is 0 Å². The van der Waals surface area contributed by atoms with Crippen LogP contribution in [0, 0.1) is 6.26 Å². The van der Waals surface area contributed by atoms with Gasteiger partial charge >= 0.3 is 0 Å². The van der Waals surface area contributed by atoms with Gasteiger partial charge in [0.25, 0.3) is 0 Å². The lowest BCUT2D eigenvalue weighted by Gasteiger charge is -2.19. The first kappa shape index (κ1) is 14.0. The molecule has 1 fully saturated rings. The number of rotatable bonds is 3. The van der Waals surface area contributed by atoms with Gasteiger partial charge < -0.3 is 9.26 Å². The van der Waals surface area contributed by atoms with Crippen molar-refractivity contribution in [2.75, 3.05) is 13.2 Å². The Morgan fingerprint density at radius 3 is 2.74 bits per heavy atom. The fourth-order valence-corrected chi connectivity index (χ4v) is 2.67. The van der Waals surface area contributed by atoms with Crippen molar-refractivity contribution in [1.82, 2.24) is 25.3 Å². The Balaban J connectivity index is 1.69. The Hall–Kier alpha value is -2.67. The summed E-state index contributed by atoms with van der Waals surface area (Å²) >= 11 is 0. The molecule has 0 bridgehead atoms. The van der Waals surface area contributed by atoms with Crippen molar-refractivity contribution < 1.29 is 9.26 Å². The van der Waals surface area contributed by atoms with Crippen molar-refractivity contribution in [2.45, 2.75) is 18.8 Å². The van der Waals surface area contributed by atoms with Gasteiger partial charge in [-0.2, -0.15) is 5.10 Å². The monoisotopic (exact) mass is 308 g/mol. The molecule has 1 radical (unpaired) electrons. The van der Waals surface area contributed by atoms with Crippen molar-refractivity contribution >= 4 is 0 Å². The topological polar surface area (TPSA) is 86.8 Å². The van der Waals surface area contributed by atoms with E-state index in [2.05, 4.69) is 38.5 Å². The summed E-state index contributed by atoms with van der Waals surface area (Å²) in [6, 6.07) is 3.65. The largest absolute Gasteiger partial charge is 0.380 e. The highest BCUT2D eigenvalue weighted by atomic mass is 16.5. The molecule has 1 unspecified atom stereocenters. The maximum Gasteiger partial charge on any atom is 0.215 e. The van der Waals surface area contributed by atoms with E-state index in [4.69, 9.17) is 9.26 Å². The molecule has 0 saturated carbocycles. The summed E-state index contributed by atoms with van der Waals surface area (Å²) in [5.41, 5.74) is 3.38. The van der Waals surface area contributed by atoms with E-state index in [-0.39, 0.29) is 5.41 Å². The highest BCUT2D eigenvalue weighted by Crippen LogP contribution is 2.37. The molecule has 7 nitrogen and oxygen atoms in total. The molecule has 23 heavy (non-hydrogen) atoms. The second kappa shape index (κ2) is 5.51. The first-order valence-electron chi connectivity index (χ1n) is 7.32. The van der Waals surface area contributed by atoms with E-state index in [0.29, 0.717) is 23.7 Å². The van der Waals surface area contributed by atoms with Gasteiger partial charge in [0.1, 0.15) is 17.1 Å². The van der Waals surface area contributed by atoms with Crippen LogP contribution in [-0.2, 0) is 10.2 Å². The zero-order valence-corrected chi connectivity index (χ0v) is 12.6. The van der Waals surface area contributed by atoms with Crippen LogP contribution in [0.15, 0.2) is 35.2 Å². The van der Waals surface area contributed by atoms with Crippen LogP contribution in [0.4, 0.5) is 0 Å². The van der Waals surface area contributed by atoms with Crippen molar-refractivity contribution in [3.05, 3.63) is 42.7 Å². The van der Waals surface area contributed by atoms with Crippen molar-refractivity contribution in [3.63, 3.8) is 0 Å². The third-order valence-electron chi connectivity index (χ3n) is 4.05. The van der Waals surface area contributed by atoms with Gasteiger partial charge in [-0.3, -0.25) is 9.97 Å². The van der Waals surface area contributed by atoms with E-state index in [1.54, 1.807) is 18.6 Å². The van der Waals surface area contributed by atoms with Gasteiger partial charge in [-0.05, 0) is 18.6 Å². The predicted octanol–water partition coefficient (Wildman–Crippen LogP) is 2.07. The summed E-state index contributed by atoms with van der Waals surface area (Å²) in [5, 5.41) is 12.0. The Bertz CT molecular complexity index is 795. The van der Waals surface area contributed by atoms with Crippen LogP contribution >= 0.6 is 0 Å². The number of hydrogen-bond acceptors (Lipinski definition) is 7. The smallest absolute Gasteiger partial charge is 0.215 e. The molecule has 3 aromatic heterocycles. The van der Waals surface area contributed by atoms with E-state index in [1.165, 1.54) is 0 Å². The van der Waals surface area contributed by atoms with Crippen LogP contribution in [-0.4, -0.2) is 38.5 Å². The standard InChI is InChI=1S/C16H14N5O2/c1-16(4-6-22-10-16)15-11(9-23-21-15)13-7-18-14(8-17-13)12-3-2-5-19-20-12/h2-3,5,7-8H,4,6,10H2,1H3. The summed E-state index contributed by atoms with van der Waals surface area (Å²) in [6.07, 6.45) is 8.67. The molecule has 0 amide bonds. The molecule has 1 saturated heterocycles. The van der Waals surface area contributed by atoms with Gasteiger partial charge in [0.15, 0.2) is 0 Å². The van der Waals surface area contributed by atoms with Gasteiger partial charge in [0.05, 0.1) is 30.3 Å². The fraction of sp³-hybridized carbons (Fsp3) is 0.312. The third kappa shape index (κ3) is 2.49. The van der Waals surface area contributed by atoms with Gasteiger partial charge in [-0.1, -0.05) is 12.1 Å². The van der Waals surface area contributed by atoms with E-state index >= 15 is 0 Å². The van der Waals surface area contributed by atoms with Gasteiger partial charge in [-0.25, -0.2) is 0 Å². The molecule has 4 rings (SSSR count). The lowest BCUT2D eigenvalue weighted by molar-refractivity contribution is 0.179. The summed E-state index contributed by atoms with van der Waals surface area (Å²) in [7, 11) is 0. The number of ether oxygens (including phenoxy) is 1. The normalized spacial score (nSPS) is 20.7. The minimum atomic E-state index is -0.176. The average Bonchev–Trinajstić information content (AvgIpc) is 3.26. The quantitative estimate of drug-likeness (QED) is 0.732. The SMILES string of the molecule is CC1(c2no[c]c2-c2cnc(-c3cccnn3)cn2)CCOC1. The van der Waals surface area contributed by atoms with E-state index in [9.17, 15) is 0 Å². The Morgan fingerprint density at radius 2 is 2.04 bits per heavy atom. The first-order chi connectivity index (χ1) is 11.3. The highest BCUT2D eigenvalue weighted by molar-refractivity contribution is 5.62. The molecule has 0 aliphatic carbocycles. The van der Waals surface area contributed by atoms with Crippen molar-refractivity contribution in [1.29, 1.82) is 0 Å². The van der Waals surface area contributed by atoms with E-state index < -0.39 is 0 Å². The van der Waals surface area contributed by atoms with Crippen LogP contribution in [0.5, 0.6) is 0 Å². The van der Waals surface area contributed by atoms with Crippen LogP contribution in [0.1, 0.15) is 19.0 Å². The molecule has 0 N–H and O–H groups in total. The highest BCUT2D eigenvalue weighted by Gasteiger charge is 2.37. The zero-order valence-electron chi connectivity index (χ0n) is 12.6. The second-order valence-electron chi connectivity index (χ2n) is 5.77. The first-order valence-corrected chi connectivity index (χ1v) is 7.32. The molecule has 1 aliphatic rings. The van der Waals surface area contributed by atoms with Crippen LogP contribution in [0.3, 0.4) is 0 Å². The maximum atomic E-state index is 5.50. The lowest BCUT2D eigenvalue weighted by atomic mass is 9.83. The molecule has 4 heterocycles. The molecule has 1 aliphatic heterocycles. The molecule has 0 aromatic carbocycles. The van der Waals surface area contributed by atoms with Crippen LogP contribution < -0.4 is 0 Å². The van der Waals surface area contributed by atoms with E-state index in [1.807, 2.05) is 12.1 Å². The molecule has 115 valence electrons. The average molecular weight is 308 g/mol.